The molecular formula is C17H34N2. The second-order valence-corrected chi connectivity index (χ2v) is 8.88. The largest absolute Gasteiger partial charge is 0.309 e. The van der Waals surface area contributed by atoms with Crippen molar-refractivity contribution in [2.45, 2.75) is 78.8 Å². The second kappa shape index (κ2) is 5.04. The molecule has 2 fully saturated rings. The smallest absolute Gasteiger partial charge is 0.0278 e. The van der Waals surface area contributed by atoms with E-state index in [-0.39, 0.29) is 0 Å². The quantitative estimate of drug-likeness (QED) is 0.820. The van der Waals surface area contributed by atoms with Gasteiger partial charge >= 0.3 is 0 Å². The molecule has 2 heteroatoms. The molecule has 2 rings (SSSR count). The van der Waals surface area contributed by atoms with Gasteiger partial charge in [-0.25, -0.2) is 0 Å². The molecule has 2 aliphatic rings. The SMILES string of the molecule is CCC1(C)CN(C2CC(C)(C)CC(C)(C)C2)CCN1. The molecule has 0 bridgehead atoms. The molecule has 112 valence electrons. The maximum atomic E-state index is 3.71. The van der Waals surface area contributed by atoms with Crippen LogP contribution in [0.15, 0.2) is 0 Å². The Labute approximate surface area is 120 Å². The molecule has 1 aliphatic heterocycles. The fourth-order valence-electron chi connectivity index (χ4n) is 4.68. The van der Waals surface area contributed by atoms with E-state index >= 15 is 0 Å². The predicted molar refractivity (Wildman–Crippen MR) is 83.5 cm³/mol. The molecule has 1 saturated carbocycles. The van der Waals surface area contributed by atoms with Gasteiger partial charge in [0.05, 0.1) is 0 Å². The highest BCUT2D eigenvalue weighted by Gasteiger charge is 2.42. The van der Waals surface area contributed by atoms with Gasteiger partial charge in [0.15, 0.2) is 0 Å². The van der Waals surface area contributed by atoms with E-state index in [1.165, 1.54) is 38.8 Å². The molecule has 1 aliphatic carbocycles. The van der Waals surface area contributed by atoms with Gasteiger partial charge in [-0.2, -0.15) is 0 Å². The summed E-state index contributed by atoms with van der Waals surface area (Å²) >= 11 is 0. The molecule has 0 spiro atoms. The third-order valence-electron chi connectivity index (χ3n) is 5.33. The van der Waals surface area contributed by atoms with Crippen molar-refractivity contribution in [1.82, 2.24) is 10.2 Å². The number of nitrogens with one attached hydrogen (secondary N) is 1. The van der Waals surface area contributed by atoms with Gasteiger partial charge in [0.2, 0.25) is 0 Å². The van der Waals surface area contributed by atoms with E-state index in [1.807, 2.05) is 0 Å². The highest BCUT2D eigenvalue weighted by Crippen LogP contribution is 2.47. The minimum absolute atomic E-state index is 0.323. The number of hydrogen-bond donors (Lipinski definition) is 1. The Morgan fingerprint density at radius 3 is 2.16 bits per heavy atom. The molecule has 2 nitrogen and oxygen atoms in total. The first kappa shape index (κ1) is 15.3. The van der Waals surface area contributed by atoms with Crippen LogP contribution in [0.3, 0.4) is 0 Å². The Kier molecular flexibility index (Phi) is 4.06. The first-order valence-corrected chi connectivity index (χ1v) is 8.14. The summed E-state index contributed by atoms with van der Waals surface area (Å²) in [5.74, 6) is 0. The van der Waals surface area contributed by atoms with Crippen LogP contribution in [0, 0.1) is 10.8 Å². The summed E-state index contributed by atoms with van der Waals surface area (Å²) in [4.78, 5) is 2.78. The van der Waals surface area contributed by atoms with Crippen molar-refractivity contribution in [3.8, 4) is 0 Å². The molecule has 1 N–H and O–H groups in total. The zero-order chi connectivity index (χ0) is 14.3. The lowest BCUT2D eigenvalue weighted by molar-refractivity contribution is -0.000162. The van der Waals surface area contributed by atoms with Gasteiger partial charge in [0.25, 0.3) is 0 Å². The standard InChI is InChI=1S/C17H34N2/c1-7-17(6)13-19(9-8-18-17)14-10-15(2,3)12-16(4,5)11-14/h14,18H,7-13H2,1-6H3. The number of hydrogen-bond acceptors (Lipinski definition) is 2. The van der Waals surface area contributed by atoms with E-state index in [0.717, 1.165) is 12.6 Å². The van der Waals surface area contributed by atoms with Gasteiger partial charge in [-0.1, -0.05) is 34.6 Å². The maximum Gasteiger partial charge on any atom is 0.0278 e. The lowest BCUT2D eigenvalue weighted by Crippen LogP contribution is -2.62. The highest BCUT2D eigenvalue weighted by molar-refractivity contribution is 4.98. The van der Waals surface area contributed by atoms with Gasteiger partial charge in [-0.15, -0.1) is 0 Å². The fraction of sp³-hybridized carbons (Fsp3) is 1.00. The van der Waals surface area contributed by atoms with Gasteiger partial charge in [-0.3, -0.25) is 4.90 Å². The Bertz CT molecular complexity index is 305. The van der Waals surface area contributed by atoms with Crippen LogP contribution in [0.4, 0.5) is 0 Å². The average Bonchev–Trinajstić information content (AvgIpc) is 2.25. The number of rotatable bonds is 2. The van der Waals surface area contributed by atoms with Crippen LogP contribution in [0.5, 0.6) is 0 Å². The third-order valence-corrected chi connectivity index (χ3v) is 5.33. The van der Waals surface area contributed by atoms with Crippen molar-refractivity contribution < 1.29 is 0 Å². The monoisotopic (exact) mass is 266 g/mol. The van der Waals surface area contributed by atoms with Crippen molar-refractivity contribution in [2.75, 3.05) is 19.6 Å². The van der Waals surface area contributed by atoms with Crippen LogP contribution >= 0.6 is 0 Å². The fourth-order valence-corrected chi connectivity index (χ4v) is 4.68. The number of nitrogens with zero attached hydrogens (tertiary/aromatic N) is 1. The van der Waals surface area contributed by atoms with Crippen LogP contribution in [0.25, 0.3) is 0 Å². The van der Waals surface area contributed by atoms with E-state index < -0.39 is 0 Å². The minimum Gasteiger partial charge on any atom is -0.309 e. The molecule has 19 heavy (non-hydrogen) atoms. The normalized spacial score (nSPS) is 36.3. The van der Waals surface area contributed by atoms with Crippen LogP contribution < -0.4 is 5.32 Å². The number of piperazine rings is 1. The summed E-state index contributed by atoms with van der Waals surface area (Å²) < 4.78 is 0. The molecular weight excluding hydrogens is 232 g/mol. The summed E-state index contributed by atoms with van der Waals surface area (Å²) in [6, 6.07) is 0.784. The van der Waals surface area contributed by atoms with Crippen molar-refractivity contribution in [1.29, 1.82) is 0 Å². The van der Waals surface area contributed by atoms with E-state index in [4.69, 9.17) is 0 Å². The molecule has 1 unspecified atom stereocenters. The molecule has 0 radical (unpaired) electrons. The molecule has 0 aromatic rings. The molecule has 0 aromatic heterocycles. The predicted octanol–water partition coefficient (Wildman–Crippen LogP) is 3.67. The van der Waals surface area contributed by atoms with Gasteiger partial charge < -0.3 is 5.32 Å². The van der Waals surface area contributed by atoms with Gasteiger partial charge in [-0.05, 0) is 43.4 Å². The zero-order valence-electron chi connectivity index (χ0n) is 14.0. The first-order valence-electron chi connectivity index (χ1n) is 8.14. The van der Waals surface area contributed by atoms with E-state index in [0.29, 0.717) is 16.4 Å². The third kappa shape index (κ3) is 3.72. The van der Waals surface area contributed by atoms with Crippen LogP contribution in [0.1, 0.15) is 67.2 Å². The maximum absolute atomic E-state index is 3.71. The molecule has 1 atom stereocenters. The second-order valence-electron chi connectivity index (χ2n) is 8.88. The Morgan fingerprint density at radius 2 is 1.63 bits per heavy atom. The molecule has 0 amide bonds. The molecule has 1 saturated heterocycles. The summed E-state index contributed by atoms with van der Waals surface area (Å²) in [5, 5.41) is 3.71. The summed E-state index contributed by atoms with van der Waals surface area (Å²) in [6.07, 6.45) is 5.34. The Balaban J connectivity index is 2.08. The van der Waals surface area contributed by atoms with Crippen LogP contribution in [-0.4, -0.2) is 36.1 Å². The lowest BCUT2D eigenvalue weighted by atomic mass is 9.63. The van der Waals surface area contributed by atoms with Crippen LogP contribution in [-0.2, 0) is 0 Å². The summed E-state index contributed by atoms with van der Waals surface area (Å²) in [6.45, 7) is 18.1. The topological polar surface area (TPSA) is 15.3 Å². The average molecular weight is 266 g/mol. The van der Waals surface area contributed by atoms with Gasteiger partial charge in [0, 0.05) is 31.2 Å². The molecule has 1 heterocycles. The summed E-state index contributed by atoms with van der Waals surface area (Å²) in [5.41, 5.74) is 1.32. The van der Waals surface area contributed by atoms with Crippen LogP contribution in [0.2, 0.25) is 0 Å². The van der Waals surface area contributed by atoms with Crippen molar-refractivity contribution in [3.63, 3.8) is 0 Å². The molecule has 0 aromatic carbocycles. The first-order chi connectivity index (χ1) is 8.65. The summed E-state index contributed by atoms with van der Waals surface area (Å²) in [7, 11) is 0. The zero-order valence-corrected chi connectivity index (χ0v) is 14.0. The van der Waals surface area contributed by atoms with Crippen molar-refractivity contribution in [2.24, 2.45) is 10.8 Å². The lowest BCUT2D eigenvalue weighted by Gasteiger charge is -2.52. The van der Waals surface area contributed by atoms with E-state index in [1.54, 1.807) is 0 Å². The van der Waals surface area contributed by atoms with Crippen molar-refractivity contribution >= 4 is 0 Å². The van der Waals surface area contributed by atoms with Gasteiger partial charge in [0.1, 0.15) is 0 Å². The van der Waals surface area contributed by atoms with E-state index in [2.05, 4.69) is 51.8 Å². The Morgan fingerprint density at radius 1 is 1.05 bits per heavy atom. The minimum atomic E-state index is 0.323. The van der Waals surface area contributed by atoms with Crippen molar-refractivity contribution in [3.05, 3.63) is 0 Å². The Hall–Kier alpha value is -0.0800. The highest BCUT2D eigenvalue weighted by atomic mass is 15.2. The van der Waals surface area contributed by atoms with E-state index in [9.17, 15) is 0 Å².